The summed E-state index contributed by atoms with van der Waals surface area (Å²) < 4.78 is 29.1. The van der Waals surface area contributed by atoms with Gasteiger partial charge in [-0.2, -0.15) is 8.42 Å². The Morgan fingerprint density at radius 2 is 2.07 bits per heavy atom. The van der Waals surface area contributed by atoms with E-state index in [4.69, 9.17) is 0 Å². The van der Waals surface area contributed by atoms with Crippen LogP contribution in [0, 0.1) is 0 Å². The zero-order valence-corrected chi connectivity index (χ0v) is 16.6. The average molecular weight is 396 g/mol. The van der Waals surface area contributed by atoms with E-state index in [0.29, 0.717) is 13.0 Å². The summed E-state index contributed by atoms with van der Waals surface area (Å²) in [6, 6.07) is 1.74. The number of nitrogens with zero attached hydrogens (tertiary/aromatic N) is 3. The summed E-state index contributed by atoms with van der Waals surface area (Å²) in [6.45, 7) is 3.98. The van der Waals surface area contributed by atoms with Crippen molar-refractivity contribution < 1.29 is 23.1 Å². The topological polar surface area (TPSA) is 119 Å². The molecule has 0 spiro atoms. The second-order valence-corrected chi connectivity index (χ2v) is 8.14. The Morgan fingerprint density at radius 3 is 2.63 bits per heavy atom. The molecule has 2 rings (SSSR count). The number of benzene rings is 1. The van der Waals surface area contributed by atoms with E-state index in [9.17, 15) is 23.1 Å². The van der Waals surface area contributed by atoms with E-state index in [-0.39, 0.29) is 27.7 Å². The van der Waals surface area contributed by atoms with Crippen LogP contribution in [0.3, 0.4) is 0 Å². The molecule has 0 bridgehead atoms. The minimum Gasteiger partial charge on any atom is -0.478 e. The van der Waals surface area contributed by atoms with Gasteiger partial charge < -0.3 is 20.2 Å². The molecule has 1 aromatic carbocycles. The highest BCUT2D eigenvalue weighted by Crippen LogP contribution is 2.39. The van der Waals surface area contributed by atoms with Crippen molar-refractivity contribution in [3.63, 3.8) is 0 Å². The van der Waals surface area contributed by atoms with E-state index in [0.717, 1.165) is 18.8 Å². The molecule has 1 atom stereocenters. The van der Waals surface area contributed by atoms with E-state index >= 15 is 0 Å². The number of aromatic carboxylic acids is 1. The first-order valence-electron chi connectivity index (χ1n) is 8.54. The van der Waals surface area contributed by atoms with Gasteiger partial charge in [0, 0.05) is 20.6 Å². The summed E-state index contributed by atoms with van der Waals surface area (Å²) in [7, 11) is -0.936. The standard InChI is InChI=1S/C17H24N4O5S/c1-5-6-7-21-13-8-12(17(23)24)9-14(15(13)19-11(2)16(21)22)27(25,26)18-10-20(3)4/h8-11,19H,5-7H2,1-4H3,(H,23,24)/t11-/m1/s1. The summed E-state index contributed by atoms with van der Waals surface area (Å²) in [5.41, 5.74) is 0.210. The molecule has 0 aliphatic carbocycles. The van der Waals surface area contributed by atoms with Gasteiger partial charge in [0.2, 0.25) is 5.91 Å². The predicted molar refractivity (Wildman–Crippen MR) is 103 cm³/mol. The molecule has 0 fully saturated rings. The molecule has 1 amide bonds. The van der Waals surface area contributed by atoms with Gasteiger partial charge in [-0.25, -0.2) is 4.79 Å². The van der Waals surface area contributed by atoms with Crippen molar-refractivity contribution in [3.05, 3.63) is 17.7 Å². The highest BCUT2D eigenvalue weighted by Gasteiger charge is 2.34. The molecule has 0 unspecified atom stereocenters. The van der Waals surface area contributed by atoms with E-state index in [1.165, 1.54) is 15.9 Å². The van der Waals surface area contributed by atoms with Crippen LogP contribution in [0.2, 0.25) is 0 Å². The lowest BCUT2D eigenvalue weighted by atomic mass is 10.1. The SMILES string of the molecule is CCCCN1C(=O)[C@@H](C)Nc2c1cc(C(=O)O)cc2S(=O)(=O)N=CN(C)C. The second-order valence-electron chi connectivity index (χ2n) is 6.54. The minimum absolute atomic E-state index is 0.194. The number of sulfonamides is 1. The van der Waals surface area contributed by atoms with Gasteiger partial charge in [0.1, 0.15) is 17.3 Å². The number of carbonyl (C=O) groups is 2. The van der Waals surface area contributed by atoms with Crippen LogP contribution in [0.1, 0.15) is 37.0 Å². The highest BCUT2D eigenvalue weighted by molar-refractivity contribution is 7.90. The number of rotatable bonds is 7. The van der Waals surface area contributed by atoms with E-state index in [1.54, 1.807) is 21.0 Å². The Bertz CT molecular complexity index is 880. The summed E-state index contributed by atoms with van der Waals surface area (Å²) in [4.78, 5) is 26.7. The lowest BCUT2D eigenvalue weighted by Crippen LogP contribution is -2.46. The molecular formula is C17H24N4O5S. The van der Waals surface area contributed by atoms with Gasteiger partial charge >= 0.3 is 5.97 Å². The Labute approximate surface area is 158 Å². The van der Waals surface area contributed by atoms with Gasteiger partial charge in [-0.15, -0.1) is 4.40 Å². The van der Waals surface area contributed by atoms with Crippen LogP contribution in [0.5, 0.6) is 0 Å². The fraction of sp³-hybridized carbons (Fsp3) is 0.471. The van der Waals surface area contributed by atoms with Gasteiger partial charge in [0.05, 0.1) is 16.9 Å². The average Bonchev–Trinajstić information content (AvgIpc) is 2.59. The number of carbonyl (C=O) groups excluding carboxylic acids is 1. The molecule has 0 aromatic heterocycles. The van der Waals surface area contributed by atoms with Crippen molar-refractivity contribution >= 4 is 39.6 Å². The summed E-state index contributed by atoms with van der Waals surface area (Å²) in [6.07, 6.45) is 2.66. The van der Waals surface area contributed by atoms with Crippen LogP contribution in [0.25, 0.3) is 0 Å². The lowest BCUT2D eigenvalue weighted by molar-refractivity contribution is -0.119. The van der Waals surface area contributed by atoms with Crippen LogP contribution in [-0.4, -0.2) is 63.3 Å². The lowest BCUT2D eigenvalue weighted by Gasteiger charge is -2.35. The number of anilines is 2. The van der Waals surface area contributed by atoms with Gasteiger partial charge in [0.15, 0.2) is 0 Å². The van der Waals surface area contributed by atoms with Crippen LogP contribution in [-0.2, 0) is 14.8 Å². The zero-order valence-electron chi connectivity index (χ0n) is 15.8. The largest absolute Gasteiger partial charge is 0.478 e. The van der Waals surface area contributed by atoms with E-state index in [2.05, 4.69) is 9.71 Å². The summed E-state index contributed by atoms with van der Waals surface area (Å²) >= 11 is 0. The molecule has 10 heteroatoms. The number of nitrogens with one attached hydrogen (secondary N) is 1. The number of carboxylic acid groups (broad SMARTS) is 1. The van der Waals surface area contributed by atoms with Crippen molar-refractivity contribution in [2.45, 2.75) is 37.6 Å². The first kappa shape index (κ1) is 20.7. The fourth-order valence-electron chi connectivity index (χ4n) is 2.68. The van der Waals surface area contributed by atoms with Crippen molar-refractivity contribution in [2.75, 3.05) is 30.9 Å². The monoisotopic (exact) mass is 396 g/mol. The van der Waals surface area contributed by atoms with Crippen LogP contribution in [0.15, 0.2) is 21.4 Å². The first-order valence-corrected chi connectivity index (χ1v) is 9.98. The maximum absolute atomic E-state index is 12.7. The smallest absolute Gasteiger partial charge is 0.335 e. The number of fused-ring (bicyclic) bond motifs is 1. The fourth-order valence-corrected chi connectivity index (χ4v) is 3.80. The van der Waals surface area contributed by atoms with Crippen molar-refractivity contribution in [1.29, 1.82) is 0 Å². The molecule has 2 N–H and O–H groups in total. The Kier molecular flexibility index (Phi) is 6.09. The molecule has 1 aromatic rings. The van der Waals surface area contributed by atoms with Crippen molar-refractivity contribution in [3.8, 4) is 0 Å². The van der Waals surface area contributed by atoms with Gasteiger partial charge in [-0.05, 0) is 25.5 Å². The Balaban J connectivity index is 2.72. The zero-order chi connectivity index (χ0) is 20.4. The van der Waals surface area contributed by atoms with E-state index in [1.807, 2.05) is 6.92 Å². The van der Waals surface area contributed by atoms with Crippen LogP contribution >= 0.6 is 0 Å². The molecule has 27 heavy (non-hydrogen) atoms. The normalized spacial score (nSPS) is 17.0. The Hall–Kier alpha value is -2.62. The third-order valence-electron chi connectivity index (χ3n) is 4.05. The number of unbranched alkanes of at least 4 members (excludes halogenated alkanes) is 1. The number of amides is 1. The molecule has 1 heterocycles. The molecular weight excluding hydrogens is 372 g/mol. The highest BCUT2D eigenvalue weighted by atomic mass is 32.2. The quantitative estimate of drug-likeness (QED) is 0.531. The molecule has 1 aliphatic rings. The molecule has 0 saturated heterocycles. The number of carboxylic acids is 1. The van der Waals surface area contributed by atoms with Crippen LogP contribution in [0.4, 0.5) is 11.4 Å². The van der Waals surface area contributed by atoms with Gasteiger partial charge in [0.25, 0.3) is 10.0 Å². The molecule has 0 radical (unpaired) electrons. The minimum atomic E-state index is -4.17. The summed E-state index contributed by atoms with van der Waals surface area (Å²) in [5, 5.41) is 12.3. The third-order valence-corrected chi connectivity index (χ3v) is 5.30. The van der Waals surface area contributed by atoms with Crippen molar-refractivity contribution in [1.82, 2.24) is 4.90 Å². The Morgan fingerprint density at radius 1 is 1.41 bits per heavy atom. The molecule has 0 saturated carbocycles. The maximum Gasteiger partial charge on any atom is 0.335 e. The third kappa shape index (κ3) is 4.38. The second kappa shape index (κ2) is 7.95. The van der Waals surface area contributed by atoms with Crippen molar-refractivity contribution in [2.24, 2.45) is 4.40 Å². The molecule has 9 nitrogen and oxygen atoms in total. The van der Waals surface area contributed by atoms with Gasteiger partial charge in [-0.1, -0.05) is 13.3 Å². The number of hydrogen-bond acceptors (Lipinski definition) is 5. The predicted octanol–water partition coefficient (Wildman–Crippen LogP) is 1.61. The molecule has 148 valence electrons. The van der Waals surface area contributed by atoms with E-state index < -0.39 is 22.0 Å². The van der Waals surface area contributed by atoms with Gasteiger partial charge in [-0.3, -0.25) is 4.79 Å². The van der Waals surface area contributed by atoms with Crippen LogP contribution < -0.4 is 10.2 Å². The summed E-state index contributed by atoms with van der Waals surface area (Å²) in [5.74, 6) is -1.52. The molecule has 1 aliphatic heterocycles. The number of hydrogen-bond donors (Lipinski definition) is 2. The first-order chi connectivity index (χ1) is 12.6. The maximum atomic E-state index is 12.7.